The summed E-state index contributed by atoms with van der Waals surface area (Å²) in [6, 6.07) is 14.4. The summed E-state index contributed by atoms with van der Waals surface area (Å²) in [6.07, 6.45) is 3.42. The van der Waals surface area contributed by atoms with Gasteiger partial charge in [-0.3, -0.25) is 33.9 Å². The quantitative estimate of drug-likeness (QED) is 0.291. The zero-order chi connectivity index (χ0) is 31.1. The lowest BCUT2D eigenvalue weighted by molar-refractivity contribution is -0.144. The minimum absolute atomic E-state index is 0.0832. The normalized spacial score (nSPS) is 34.2. The molecule has 1 saturated carbocycles. The Balaban J connectivity index is 1.22. The zero-order valence-corrected chi connectivity index (χ0v) is 26.4. The number of rotatable bonds is 4. The first-order chi connectivity index (χ1) is 21.0. The van der Waals surface area contributed by atoms with Gasteiger partial charge in [-0.1, -0.05) is 53.6 Å². The van der Waals surface area contributed by atoms with Crippen molar-refractivity contribution in [3.05, 3.63) is 76.3 Å². The van der Waals surface area contributed by atoms with Crippen LogP contribution in [0.3, 0.4) is 0 Å². The van der Waals surface area contributed by atoms with Gasteiger partial charge in [-0.05, 0) is 55.4 Å². The van der Waals surface area contributed by atoms with Crippen LogP contribution >= 0.6 is 34.8 Å². The third kappa shape index (κ3) is 4.14. The highest BCUT2D eigenvalue weighted by Crippen LogP contribution is 2.66. The number of phenolic OH excluding ortho intramolecular Hbond substituents is 1. The molecule has 8 nitrogen and oxygen atoms in total. The molecule has 44 heavy (non-hydrogen) atoms. The lowest BCUT2D eigenvalue weighted by atomic mass is 9.56. The third-order valence-corrected chi connectivity index (χ3v) is 12.2. The third-order valence-electron chi connectivity index (χ3n) is 10.5. The molecule has 4 amide bonds. The van der Waals surface area contributed by atoms with E-state index < -0.39 is 45.2 Å². The first-order valence-corrected chi connectivity index (χ1v) is 16.1. The van der Waals surface area contributed by atoms with Gasteiger partial charge in [0.25, 0.3) is 11.8 Å². The maximum atomic E-state index is 14.3. The Morgan fingerprint density at radius 2 is 1.64 bits per heavy atom. The molecule has 11 heteroatoms. The molecule has 3 saturated heterocycles. The van der Waals surface area contributed by atoms with Crippen LogP contribution < -0.4 is 0 Å². The largest absolute Gasteiger partial charge is 0.508 e. The number of halogens is 3. The summed E-state index contributed by atoms with van der Waals surface area (Å²) in [4.78, 5) is 56.4. The van der Waals surface area contributed by atoms with Crippen LogP contribution in [0.25, 0.3) is 0 Å². The van der Waals surface area contributed by atoms with Crippen LogP contribution in [0.1, 0.15) is 42.7 Å². The molecule has 3 aliphatic heterocycles. The number of alkyl halides is 2. The van der Waals surface area contributed by atoms with Gasteiger partial charge >= 0.3 is 0 Å². The van der Waals surface area contributed by atoms with Gasteiger partial charge in [0.2, 0.25) is 11.8 Å². The van der Waals surface area contributed by atoms with Gasteiger partial charge in [0, 0.05) is 49.2 Å². The predicted octanol–water partition coefficient (Wildman–Crippen LogP) is 4.70. The number of hydrogen-bond donors (Lipinski definition) is 1. The molecule has 1 N–H and O–H groups in total. The summed E-state index contributed by atoms with van der Waals surface area (Å²) >= 11 is 20.7. The Hall–Kier alpha value is -2.91. The molecule has 0 radical (unpaired) electrons. The number of carbonyl (C=O) groups is 4. The van der Waals surface area contributed by atoms with Crippen molar-refractivity contribution >= 4 is 58.4 Å². The van der Waals surface area contributed by atoms with Crippen molar-refractivity contribution < 1.29 is 24.3 Å². The minimum atomic E-state index is -1.96. The second kappa shape index (κ2) is 10.6. The van der Waals surface area contributed by atoms with Gasteiger partial charge in [0.05, 0.1) is 11.8 Å². The van der Waals surface area contributed by atoms with E-state index in [1.54, 1.807) is 0 Å². The van der Waals surface area contributed by atoms with Crippen molar-refractivity contribution in [1.29, 1.82) is 0 Å². The van der Waals surface area contributed by atoms with Gasteiger partial charge in [-0.15, -0.1) is 23.2 Å². The number of nitrogens with zero attached hydrogens (tertiary/aromatic N) is 3. The van der Waals surface area contributed by atoms with Crippen molar-refractivity contribution in [1.82, 2.24) is 14.7 Å². The summed E-state index contributed by atoms with van der Waals surface area (Å²) < 4.78 is 0. The standard InChI is InChI=1S/C33H32Cl3N3O5/c1-37-30(43)32(35)16-24-21(27(33(32,36)31(37)44)23-15-19(34)7-10-25(23)40)8-9-22-26(24)29(42)39(28(22)41)20-11-13-38(14-12-20)17-18-5-3-2-4-6-18/h2-8,10,15,20,22,24,26-27,40H,9,11-14,16-17H2,1H3. The fourth-order valence-electron chi connectivity index (χ4n) is 8.41. The van der Waals surface area contributed by atoms with E-state index in [4.69, 9.17) is 34.8 Å². The number of allylic oxidation sites excluding steroid dienone is 2. The summed E-state index contributed by atoms with van der Waals surface area (Å²) in [7, 11) is 1.34. The molecule has 0 bridgehead atoms. The summed E-state index contributed by atoms with van der Waals surface area (Å²) in [5.41, 5.74) is 2.10. The maximum Gasteiger partial charge on any atom is 0.253 e. The lowest BCUT2D eigenvalue weighted by Gasteiger charge is -2.50. The monoisotopic (exact) mass is 655 g/mol. The van der Waals surface area contributed by atoms with E-state index in [9.17, 15) is 24.3 Å². The Bertz CT molecular complexity index is 1610. The fraction of sp³-hybridized carbons (Fsp3) is 0.455. The van der Waals surface area contributed by atoms with E-state index in [2.05, 4.69) is 17.0 Å². The van der Waals surface area contributed by atoms with E-state index in [1.165, 1.54) is 35.7 Å². The first kappa shape index (κ1) is 29.8. The topological polar surface area (TPSA) is 98.2 Å². The fourth-order valence-corrected chi connectivity index (χ4v) is 9.60. The van der Waals surface area contributed by atoms with Crippen LogP contribution in [0.15, 0.2) is 60.2 Å². The molecule has 2 aliphatic carbocycles. The number of imide groups is 2. The highest BCUT2D eigenvalue weighted by Gasteiger charge is 2.76. The van der Waals surface area contributed by atoms with Crippen molar-refractivity contribution in [2.45, 2.75) is 53.9 Å². The number of benzene rings is 2. The smallest absolute Gasteiger partial charge is 0.253 e. The van der Waals surface area contributed by atoms with Crippen LogP contribution in [0, 0.1) is 17.8 Å². The molecule has 5 aliphatic rings. The molecule has 2 aromatic rings. The number of piperidine rings is 1. The summed E-state index contributed by atoms with van der Waals surface area (Å²) in [5, 5.41) is 11.3. The maximum absolute atomic E-state index is 14.3. The van der Waals surface area contributed by atoms with Crippen LogP contribution in [-0.2, 0) is 25.7 Å². The molecule has 3 heterocycles. The average molecular weight is 657 g/mol. The van der Waals surface area contributed by atoms with Gasteiger partial charge in [-0.25, -0.2) is 0 Å². The van der Waals surface area contributed by atoms with Crippen LogP contribution in [0.2, 0.25) is 5.02 Å². The second-order valence-electron chi connectivity index (χ2n) is 12.7. The van der Waals surface area contributed by atoms with Gasteiger partial charge in [-0.2, -0.15) is 0 Å². The lowest BCUT2D eigenvalue weighted by Crippen LogP contribution is -2.60. The molecule has 0 aromatic heterocycles. The molecule has 230 valence electrons. The number of amides is 4. The Morgan fingerprint density at radius 1 is 0.932 bits per heavy atom. The number of carbonyl (C=O) groups excluding carboxylic acids is 4. The van der Waals surface area contributed by atoms with Gasteiger partial charge < -0.3 is 5.11 Å². The van der Waals surface area contributed by atoms with Crippen LogP contribution in [-0.4, -0.2) is 79.4 Å². The van der Waals surface area contributed by atoms with Crippen molar-refractivity contribution in [2.24, 2.45) is 17.8 Å². The van der Waals surface area contributed by atoms with Crippen LogP contribution in [0.5, 0.6) is 5.75 Å². The van der Waals surface area contributed by atoms with Crippen molar-refractivity contribution in [2.75, 3.05) is 20.1 Å². The Labute approximate surface area is 270 Å². The van der Waals surface area contributed by atoms with E-state index in [0.29, 0.717) is 23.4 Å². The molecule has 2 aromatic carbocycles. The number of phenols is 1. The van der Waals surface area contributed by atoms with Gasteiger partial charge in [0.15, 0.2) is 9.75 Å². The van der Waals surface area contributed by atoms with E-state index in [-0.39, 0.29) is 42.0 Å². The number of hydrogen-bond acceptors (Lipinski definition) is 6. The van der Waals surface area contributed by atoms with E-state index in [0.717, 1.165) is 24.5 Å². The molecule has 6 atom stereocenters. The molecular weight excluding hydrogens is 625 g/mol. The highest BCUT2D eigenvalue weighted by molar-refractivity contribution is 6.53. The molecule has 7 rings (SSSR count). The predicted molar refractivity (Wildman–Crippen MR) is 165 cm³/mol. The Kier molecular flexibility index (Phi) is 7.16. The highest BCUT2D eigenvalue weighted by atomic mass is 35.5. The molecule has 6 unspecified atom stereocenters. The van der Waals surface area contributed by atoms with Crippen LogP contribution in [0.4, 0.5) is 0 Å². The van der Waals surface area contributed by atoms with E-state index >= 15 is 0 Å². The minimum Gasteiger partial charge on any atom is -0.508 e. The number of likely N-dealkylation sites (tertiary alicyclic amines) is 3. The van der Waals surface area contributed by atoms with Gasteiger partial charge in [0.1, 0.15) is 5.75 Å². The second-order valence-corrected chi connectivity index (χ2v) is 14.4. The number of fused-ring (bicyclic) bond motifs is 4. The van der Waals surface area contributed by atoms with Crippen molar-refractivity contribution in [3.63, 3.8) is 0 Å². The molecule has 4 fully saturated rings. The Morgan fingerprint density at radius 3 is 2.34 bits per heavy atom. The molecule has 0 spiro atoms. The SMILES string of the molecule is CN1C(=O)C2(Cl)CC3C(=CCC4C(=O)N(C5CCN(Cc6ccccc6)CC5)C(=O)C43)C(c3cc(Cl)ccc3O)C2(Cl)C1=O. The van der Waals surface area contributed by atoms with Crippen molar-refractivity contribution in [3.8, 4) is 5.75 Å². The van der Waals surface area contributed by atoms with E-state index in [1.807, 2.05) is 24.3 Å². The first-order valence-electron chi connectivity index (χ1n) is 15.0. The summed E-state index contributed by atoms with van der Waals surface area (Å²) in [6.45, 7) is 2.34. The average Bonchev–Trinajstić information content (AvgIpc) is 3.34. The molecular formula is C33H32Cl3N3O5. The zero-order valence-electron chi connectivity index (χ0n) is 24.1. The number of aromatic hydroxyl groups is 1. The summed E-state index contributed by atoms with van der Waals surface area (Å²) in [5.74, 6) is -4.98.